The molecule has 0 saturated heterocycles. The second-order valence-corrected chi connectivity index (χ2v) is 13.1. The van der Waals surface area contributed by atoms with E-state index in [4.69, 9.17) is 0 Å². The van der Waals surface area contributed by atoms with Crippen LogP contribution in [-0.4, -0.2) is 0 Å². The molecular formula is C44H27NS. The van der Waals surface area contributed by atoms with E-state index in [2.05, 4.69) is 169 Å². The van der Waals surface area contributed by atoms with Crippen molar-refractivity contribution < 1.29 is 0 Å². The molecule has 0 saturated carbocycles. The van der Waals surface area contributed by atoms with Gasteiger partial charge in [-0.05, 0) is 67.4 Å². The standard InChI is InChI=1S/C44H27NS/c1-3-14-32-29(12-1)23-24-30-27-31(25-26-33(30)32)45(40-21-9-13-28-11-2-4-15-34(28)40)41-22-10-20-39-42-37-18-7-5-16-35(37)36-17-6-8-19-38(36)44(42)46-43(39)41/h1-27H. The van der Waals surface area contributed by atoms with Crippen molar-refractivity contribution in [2.45, 2.75) is 0 Å². The van der Waals surface area contributed by atoms with E-state index in [-0.39, 0.29) is 0 Å². The summed E-state index contributed by atoms with van der Waals surface area (Å²) in [6, 6.07) is 60.2. The fraction of sp³-hybridized carbons (Fsp3) is 0. The molecule has 0 aliphatic heterocycles. The van der Waals surface area contributed by atoms with Gasteiger partial charge in [-0.25, -0.2) is 0 Å². The van der Waals surface area contributed by atoms with E-state index >= 15 is 0 Å². The van der Waals surface area contributed by atoms with Gasteiger partial charge in [0.15, 0.2) is 0 Å². The number of fused-ring (bicyclic) bond motifs is 12. The van der Waals surface area contributed by atoms with Crippen LogP contribution in [0.4, 0.5) is 17.1 Å². The molecule has 9 aromatic carbocycles. The Morgan fingerprint density at radius 2 is 0.870 bits per heavy atom. The van der Waals surface area contributed by atoms with Crippen LogP contribution in [-0.2, 0) is 0 Å². The van der Waals surface area contributed by atoms with Crippen molar-refractivity contribution in [3.8, 4) is 0 Å². The summed E-state index contributed by atoms with van der Waals surface area (Å²) >= 11 is 1.92. The van der Waals surface area contributed by atoms with Crippen LogP contribution in [0.3, 0.4) is 0 Å². The predicted octanol–water partition coefficient (Wildman–Crippen LogP) is 13.3. The number of anilines is 3. The molecule has 2 heteroatoms. The molecule has 0 aliphatic rings. The zero-order valence-corrected chi connectivity index (χ0v) is 25.8. The monoisotopic (exact) mass is 601 g/mol. The largest absolute Gasteiger partial charge is 0.308 e. The molecular weight excluding hydrogens is 575 g/mol. The summed E-state index contributed by atoms with van der Waals surface area (Å²) in [6.07, 6.45) is 0. The second-order valence-electron chi connectivity index (χ2n) is 12.1. The first-order valence-electron chi connectivity index (χ1n) is 15.8. The molecule has 0 unspecified atom stereocenters. The van der Waals surface area contributed by atoms with Gasteiger partial charge in [-0.1, -0.05) is 140 Å². The fourth-order valence-electron chi connectivity index (χ4n) is 7.54. The molecule has 0 amide bonds. The predicted molar refractivity (Wildman–Crippen MR) is 202 cm³/mol. The average Bonchev–Trinajstić information content (AvgIpc) is 3.53. The first-order valence-corrected chi connectivity index (χ1v) is 16.6. The van der Waals surface area contributed by atoms with Crippen LogP contribution < -0.4 is 4.90 Å². The third-order valence-electron chi connectivity index (χ3n) is 9.59. The topological polar surface area (TPSA) is 3.24 Å². The van der Waals surface area contributed by atoms with Crippen LogP contribution in [0.1, 0.15) is 0 Å². The second kappa shape index (κ2) is 9.90. The van der Waals surface area contributed by atoms with Crippen LogP contribution in [0, 0.1) is 0 Å². The number of nitrogens with zero attached hydrogens (tertiary/aromatic N) is 1. The van der Waals surface area contributed by atoms with Crippen molar-refractivity contribution in [3.63, 3.8) is 0 Å². The highest BCUT2D eigenvalue weighted by Crippen LogP contribution is 2.50. The van der Waals surface area contributed by atoms with E-state index in [1.54, 1.807) is 0 Å². The summed E-state index contributed by atoms with van der Waals surface area (Å²) in [5, 5.41) is 15.4. The third kappa shape index (κ3) is 3.68. The Labute approximate surface area is 270 Å². The van der Waals surface area contributed by atoms with Gasteiger partial charge in [0.2, 0.25) is 0 Å². The lowest BCUT2D eigenvalue weighted by Gasteiger charge is -2.28. The maximum atomic E-state index is 2.49. The molecule has 46 heavy (non-hydrogen) atoms. The molecule has 214 valence electrons. The minimum absolute atomic E-state index is 1.15. The molecule has 10 rings (SSSR count). The summed E-state index contributed by atoms with van der Waals surface area (Å²) in [6.45, 7) is 0. The normalized spacial score (nSPS) is 11.9. The van der Waals surface area contributed by atoms with E-state index in [1.165, 1.54) is 85.4 Å². The Bertz CT molecular complexity index is 2820. The summed E-state index contributed by atoms with van der Waals surface area (Å²) in [5.41, 5.74) is 3.53. The lowest BCUT2D eigenvalue weighted by Crippen LogP contribution is -2.10. The molecule has 0 bridgehead atoms. The molecule has 0 atom stereocenters. The number of hydrogen-bond acceptors (Lipinski definition) is 2. The highest BCUT2D eigenvalue weighted by Gasteiger charge is 2.22. The Kier molecular flexibility index (Phi) is 5.51. The fourth-order valence-corrected chi connectivity index (χ4v) is 8.90. The highest BCUT2D eigenvalue weighted by molar-refractivity contribution is 7.27. The SMILES string of the molecule is c1ccc2c(N(c3ccc4c(ccc5ccccc54)c3)c3cccc4c3sc3c5ccccc5c5ccccc5c43)cccc2c1. The Morgan fingerprint density at radius 3 is 1.70 bits per heavy atom. The first kappa shape index (κ1) is 25.6. The number of thiophene rings is 1. The lowest BCUT2D eigenvalue weighted by atomic mass is 9.97. The van der Waals surface area contributed by atoms with Crippen LogP contribution >= 0.6 is 11.3 Å². The molecule has 0 radical (unpaired) electrons. The summed E-state index contributed by atoms with van der Waals surface area (Å²) in [4.78, 5) is 2.49. The van der Waals surface area contributed by atoms with Crippen LogP contribution in [0.2, 0.25) is 0 Å². The summed E-state index contributed by atoms with van der Waals surface area (Å²) in [7, 11) is 0. The number of rotatable bonds is 3. The molecule has 0 N–H and O–H groups in total. The quantitative estimate of drug-likeness (QED) is 0.182. The molecule has 1 nitrogen and oxygen atoms in total. The molecule has 0 aliphatic carbocycles. The van der Waals surface area contributed by atoms with Gasteiger partial charge in [-0.15, -0.1) is 11.3 Å². The van der Waals surface area contributed by atoms with E-state index in [0.29, 0.717) is 0 Å². The van der Waals surface area contributed by atoms with Crippen LogP contribution in [0.5, 0.6) is 0 Å². The summed E-state index contributed by atoms with van der Waals surface area (Å²) in [5.74, 6) is 0. The zero-order chi connectivity index (χ0) is 30.2. The van der Waals surface area contributed by atoms with Crippen molar-refractivity contribution >= 4 is 102 Å². The smallest absolute Gasteiger partial charge is 0.0640 e. The average molecular weight is 602 g/mol. The van der Waals surface area contributed by atoms with Gasteiger partial charge in [0, 0.05) is 31.9 Å². The Balaban J connectivity index is 1.32. The maximum Gasteiger partial charge on any atom is 0.0640 e. The minimum atomic E-state index is 1.15. The van der Waals surface area contributed by atoms with E-state index in [0.717, 1.165) is 5.69 Å². The van der Waals surface area contributed by atoms with Crippen molar-refractivity contribution in [3.05, 3.63) is 164 Å². The van der Waals surface area contributed by atoms with Crippen molar-refractivity contribution in [2.75, 3.05) is 4.90 Å². The van der Waals surface area contributed by atoms with Gasteiger partial charge in [-0.3, -0.25) is 0 Å². The van der Waals surface area contributed by atoms with Crippen molar-refractivity contribution in [1.29, 1.82) is 0 Å². The minimum Gasteiger partial charge on any atom is -0.308 e. The van der Waals surface area contributed by atoms with Gasteiger partial charge >= 0.3 is 0 Å². The highest BCUT2D eigenvalue weighted by atomic mass is 32.1. The third-order valence-corrected chi connectivity index (χ3v) is 10.8. The van der Waals surface area contributed by atoms with Crippen molar-refractivity contribution in [1.82, 2.24) is 0 Å². The van der Waals surface area contributed by atoms with Gasteiger partial charge in [0.05, 0.1) is 16.1 Å². The molecule has 10 aromatic rings. The van der Waals surface area contributed by atoms with Crippen molar-refractivity contribution in [2.24, 2.45) is 0 Å². The molecule has 1 aromatic heterocycles. The van der Waals surface area contributed by atoms with Gasteiger partial charge < -0.3 is 4.90 Å². The van der Waals surface area contributed by atoms with E-state index in [9.17, 15) is 0 Å². The van der Waals surface area contributed by atoms with Crippen LogP contribution in [0.15, 0.2) is 164 Å². The molecule has 0 spiro atoms. The Morgan fingerprint density at radius 1 is 0.326 bits per heavy atom. The van der Waals surface area contributed by atoms with E-state index < -0.39 is 0 Å². The summed E-state index contributed by atoms with van der Waals surface area (Å²) < 4.78 is 2.64. The van der Waals surface area contributed by atoms with Gasteiger partial charge in [0.25, 0.3) is 0 Å². The van der Waals surface area contributed by atoms with Gasteiger partial charge in [-0.2, -0.15) is 0 Å². The maximum absolute atomic E-state index is 2.49. The first-order chi connectivity index (χ1) is 22.8. The lowest BCUT2D eigenvalue weighted by molar-refractivity contribution is 1.32. The number of hydrogen-bond donors (Lipinski definition) is 0. The van der Waals surface area contributed by atoms with E-state index in [1.807, 2.05) is 11.3 Å². The molecule has 0 fully saturated rings. The van der Waals surface area contributed by atoms with Gasteiger partial charge in [0.1, 0.15) is 0 Å². The van der Waals surface area contributed by atoms with Crippen LogP contribution in [0.25, 0.3) is 74.0 Å². The Hall–Kier alpha value is -5.70. The molecule has 1 heterocycles. The number of benzene rings is 9. The zero-order valence-electron chi connectivity index (χ0n) is 24.9.